The van der Waals surface area contributed by atoms with Crippen molar-refractivity contribution < 1.29 is 9.00 Å². The molecule has 2 N–H and O–H groups in total. The highest BCUT2D eigenvalue weighted by Crippen LogP contribution is 2.31. The topological polar surface area (TPSA) is 104 Å². The zero-order valence-electron chi connectivity index (χ0n) is 17.9. The SMILES string of the molecule is NC1=C(Br)C(N2CCCS(=O)(=C=O)CC2)=NC2=C(c3cnc4ccccc4c3)C=NN1CC2. The molecule has 5 rings (SSSR count). The summed E-state index contributed by atoms with van der Waals surface area (Å²) in [5.41, 5.74) is 10.1. The van der Waals surface area contributed by atoms with E-state index in [0.717, 1.165) is 27.7 Å². The second kappa shape index (κ2) is 8.78. The normalized spacial score (nSPS) is 23.7. The number of nitrogens with zero attached hydrogens (tertiary/aromatic N) is 5. The van der Waals surface area contributed by atoms with Crippen LogP contribution in [0.3, 0.4) is 0 Å². The number of allylic oxidation sites excluding steroid dienone is 1. The maximum absolute atomic E-state index is 12.6. The molecule has 1 saturated heterocycles. The molecule has 1 aromatic carbocycles. The van der Waals surface area contributed by atoms with Crippen LogP contribution in [-0.2, 0) is 14.3 Å². The van der Waals surface area contributed by atoms with Gasteiger partial charge in [0.05, 0.1) is 27.0 Å². The smallest absolute Gasteiger partial charge is 0.186 e. The van der Waals surface area contributed by atoms with Crippen LogP contribution < -0.4 is 5.73 Å². The Kier molecular flexibility index (Phi) is 5.82. The molecule has 1 atom stereocenters. The second-order valence-electron chi connectivity index (χ2n) is 8.17. The molecule has 4 heterocycles. The van der Waals surface area contributed by atoms with E-state index in [0.29, 0.717) is 54.4 Å². The number of fused-ring (bicyclic) bond motifs is 4. The van der Waals surface area contributed by atoms with Crippen LogP contribution in [-0.4, -0.2) is 67.5 Å². The van der Waals surface area contributed by atoms with Gasteiger partial charge >= 0.3 is 0 Å². The van der Waals surface area contributed by atoms with E-state index in [9.17, 15) is 9.00 Å². The Bertz CT molecular complexity index is 1400. The summed E-state index contributed by atoms with van der Waals surface area (Å²) in [6, 6.07) is 10.1. The number of nitrogens with two attached hydrogens (primary N) is 1. The van der Waals surface area contributed by atoms with Crippen molar-refractivity contribution in [2.75, 3.05) is 31.1 Å². The van der Waals surface area contributed by atoms with E-state index in [1.165, 1.54) is 0 Å². The lowest BCUT2D eigenvalue weighted by molar-refractivity contribution is 0.363. The summed E-state index contributed by atoms with van der Waals surface area (Å²) < 4.78 is 13.3. The Hall–Kier alpha value is -2.94. The molecule has 3 aliphatic heterocycles. The van der Waals surface area contributed by atoms with E-state index >= 15 is 0 Å². The first kappa shape index (κ1) is 21.9. The second-order valence-corrected chi connectivity index (χ2v) is 11.6. The van der Waals surface area contributed by atoms with Crippen molar-refractivity contribution in [3.8, 4) is 0 Å². The van der Waals surface area contributed by atoms with Gasteiger partial charge in [0.2, 0.25) is 0 Å². The van der Waals surface area contributed by atoms with E-state index < -0.39 is 9.52 Å². The van der Waals surface area contributed by atoms with Gasteiger partial charge in [0.1, 0.15) is 16.1 Å². The number of para-hydroxylation sites is 1. The number of aliphatic imine (C=N–C) groups is 1. The summed E-state index contributed by atoms with van der Waals surface area (Å²) in [5.74, 6) is 1.74. The fourth-order valence-corrected chi connectivity index (χ4v) is 6.26. The molecular formula is C23H23BrN6O2S. The number of halogens is 1. The van der Waals surface area contributed by atoms with Gasteiger partial charge in [0.15, 0.2) is 5.23 Å². The standard InChI is InChI=1S/C23H23BrN6O2S/c24-21-22(25)30-8-6-20(28-23(21)29-7-3-10-33(32,15-31)11-9-29)18(14-27-30)17-12-16-4-1-2-5-19(16)26-13-17/h1-2,4-5,12-14H,3,6-11,25H2. The van der Waals surface area contributed by atoms with Crippen LogP contribution in [0, 0.1) is 0 Å². The maximum Gasteiger partial charge on any atom is 0.186 e. The van der Waals surface area contributed by atoms with Gasteiger partial charge in [-0.05, 0) is 34.5 Å². The van der Waals surface area contributed by atoms with Gasteiger partial charge in [0, 0.05) is 60.3 Å². The first-order chi connectivity index (χ1) is 16.0. The fraction of sp³-hybridized carbons (Fsp3) is 0.304. The van der Waals surface area contributed by atoms with Crippen molar-refractivity contribution in [3.05, 3.63) is 58.1 Å². The summed E-state index contributed by atoms with van der Waals surface area (Å²) in [5, 5.41) is 9.22. The van der Waals surface area contributed by atoms with Crippen LogP contribution >= 0.6 is 15.9 Å². The number of benzene rings is 1. The fourth-order valence-electron chi connectivity index (χ4n) is 4.23. The van der Waals surface area contributed by atoms with E-state index in [-0.39, 0.29) is 5.75 Å². The van der Waals surface area contributed by atoms with Crippen LogP contribution in [0.2, 0.25) is 0 Å². The van der Waals surface area contributed by atoms with Crippen LogP contribution in [0.25, 0.3) is 16.5 Å². The molecule has 0 saturated carbocycles. The summed E-state index contributed by atoms with van der Waals surface area (Å²) in [6.45, 7) is 1.67. The molecule has 1 aromatic heterocycles. The third kappa shape index (κ3) is 4.21. The number of amidine groups is 1. The predicted molar refractivity (Wildman–Crippen MR) is 136 cm³/mol. The zero-order chi connectivity index (χ0) is 23.0. The Balaban J connectivity index is 1.63. The summed E-state index contributed by atoms with van der Waals surface area (Å²) in [7, 11) is -2.60. The molecule has 1 unspecified atom stereocenters. The van der Waals surface area contributed by atoms with Gasteiger partial charge in [-0.1, -0.05) is 18.2 Å². The molecule has 0 amide bonds. The molecule has 1 fully saturated rings. The molecule has 170 valence electrons. The molecular weight excluding hydrogens is 504 g/mol. The van der Waals surface area contributed by atoms with Crippen LogP contribution in [0.4, 0.5) is 0 Å². The molecule has 8 nitrogen and oxygen atoms in total. The lowest BCUT2D eigenvalue weighted by Crippen LogP contribution is -2.37. The average molecular weight is 527 g/mol. The lowest BCUT2D eigenvalue weighted by atomic mass is 10.0. The Morgan fingerprint density at radius 1 is 1.15 bits per heavy atom. The van der Waals surface area contributed by atoms with Gasteiger partial charge in [-0.2, -0.15) is 5.10 Å². The van der Waals surface area contributed by atoms with Crippen molar-refractivity contribution in [1.29, 1.82) is 0 Å². The largest absolute Gasteiger partial charge is 0.383 e. The monoisotopic (exact) mass is 526 g/mol. The zero-order valence-corrected chi connectivity index (χ0v) is 20.3. The van der Waals surface area contributed by atoms with Crippen molar-refractivity contribution in [2.45, 2.75) is 12.8 Å². The molecule has 3 aliphatic rings. The average Bonchev–Trinajstić information content (AvgIpc) is 3.15. The third-order valence-electron chi connectivity index (χ3n) is 6.08. The Morgan fingerprint density at radius 2 is 2.00 bits per heavy atom. The van der Waals surface area contributed by atoms with Gasteiger partial charge in [-0.25, -0.2) is 14.8 Å². The number of aromatic nitrogens is 1. The highest BCUT2D eigenvalue weighted by atomic mass is 79.9. The minimum Gasteiger partial charge on any atom is -0.383 e. The van der Waals surface area contributed by atoms with E-state index in [1.807, 2.05) is 35.4 Å². The highest BCUT2D eigenvalue weighted by Gasteiger charge is 2.28. The Labute approximate surface area is 200 Å². The van der Waals surface area contributed by atoms with Crippen molar-refractivity contribution in [1.82, 2.24) is 14.9 Å². The van der Waals surface area contributed by atoms with Crippen LogP contribution in [0.15, 0.2) is 62.6 Å². The molecule has 0 aliphatic carbocycles. The molecule has 2 bridgehead atoms. The minimum atomic E-state index is -2.60. The van der Waals surface area contributed by atoms with E-state index in [2.05, 4.69) is 32.1 Å². The number of pyridine rings is 1. The molecule has 0 radical (unpaired) electrons. The Morgan fingerprint density at radius 3 is 2.85 bits per heavy atom. The predicted octanol–water partition coefficient (Wildman–Crippen LogP) is 2.63. The minimum absolute atomic E-state index is 0.260. The maximum atomic E-state index is 12.6. The third-order valence-corrected chi connectivity index (χ3v) is 8.94. The first-order valence-electron chi connectivity index (χ1n) is 10.7. The quantitative estimate of drug-likeness (QED) is 0.572. The summed E-state index contributed by atoms with van der Waals surface area (Å²) >= 11 is 3.64. The van der Waals surface area contributed by atoms with E-state index in [4.69, 9.17) is 10.7 Å². The summed E-state index contributed by atoms with van der Waals surface area (Å²) in [4.78, 5) is 23.0. The summed E-state index contributed by atoms with van der Waals surface area (Å²) in [6.07, 6.45) is 4.91. The molecule has 10 heteroatoms. The number of hydrogen-bond acceptors (Lipinski definition) is 8. The number of carbonyl (C=O) groups excluding carboxylic acids is 1. The number of hydrogen-bond donors (Lipinski definition) is 1. The number of hydrazone groups is 1. The molecule has 0 spiro atoms. The number of rotatable bonds is 1. The van der Waals surface area contributed by atoms with Crippen molar-refractivity contribution in [2.24, 2.45) is 15.8 Å². The van der Waals surface area contributed by atoms with Crippen LogP contribution in [0.1, 0.15) is 18.4 Å². The highest BCUT2D eigenvalue weighted by molar-refractivity contribution is 9.12. The van der Waals surface area contributed by atoms with Gasteiger partial charge in [-0.15, -0.1) is 0 Å². The van der Waals surface area contributed by atoms with Crippen molar-refractivity contribution in [3.63, 3.8) is 0 Å². The van der Waals surface area contributed by atoms with Gasteiger partial charge in [0.25, 0.3) is 0 Å². The van der Waals surface area contributed by atoms with Crippen molar-refractivity contribution >= 4 is 59.2 Å². The van der Waals surface area contributed by atoms with Gasteiger partial charge < -0.3 is 10.6 Å². The van der Waals surface area contributed by atoms with Crippen LogP contribution in [0.5, 0.6) is 0 Å². The molecule has 2 aromatic rings. The first-order valence-corrected chi connectivity index (χ1v) is 13.4. The lowest BCUT2D eigenvalue weighted by Gasteiger charge is -2.28. The molecule has 33 heavy (non-hydrogen) atoms. The van der Waals surface area contributed by atoms with E-state index in [1.54, 1.807) is 16.5 Å². The van der Waals surface area contributed by atoms with Gasteiger partial charge in [-0.3, -0.25) is 9.19 Å².